The first-order valence-electron chi connectivity index (χ1n) is 12.4. The molecule has 0 saturated carbocycles. The molecule has 0 aliphatic rings. The van der Waals surface area contributed by atoms with E-state index in [2.05, 4.69) is 71.8 Å². The van der Waals surface area contributed by atoms with Gasteiger partial charge in [-0.2, -0.15) is 15.0 Å². The summed E-state index contributed by atoms with van der Waals surface area (Å²) in [5.74, 6) is 0.450. The summed E-state index contributed by atoms with van der Waals surface area (Å²) < 4.78 is 18.2. The van der Waals surface area contributed by atoms with Gasteiger partial charge in [0.05, 0.1) is 12.2 Å². The van der Waals surface area contributed by atoms with Gasteiger partial charge in [0.2, 0.25) is 17.8 Å². The summed E-state index contributed by atoms with van der Waals surface area (Å²) in [5, 5.41) is 6.39. The van der Waals surface area contributed by atoms with Crippen LogP contribution in [0.15, 0.2) is 24.3 Å². The van der Waals surface area contributed by atoms with Crippen LogP contribution in [-0.2, 0) is 13.0 Å². The minimum absolute atomic E-state index is 0.101. The van der Waals surface area contributed by atoms with Gasteiger partial charge in [-0.3, -0.25) is 0 Å². The number of esters is 1. The largest absolute Gasteiger partial charge is 0.462 e. The van der Waals surface area contributed by atoms with Gasteiger partial charge >= 0.3 is 15.3 Å². The van der Waals surface area contributed by atoms with E-state index in [0.717, 1.165) is 12.8 Å². The van der Waals surface area contributed by atoms with Gasteiger partial charge in [0.25, 0.3) is 0 Å². The Bertz CT molecular complexity index is 967. The maximum Gasteiger partial charge on any atom is 0.338 e. The SMILES string of the molecule is CCCCOC(=O)c1ccc(Nc2nc(N)nc(NCC(C)[SiH](O[Si](C)(C)C)O[Si](C)(C)C)n2)cc1. The summed E-state index contributed by atoms with van der Waals surface area (Å²) in [5.41, 5.74) is 7.33. The van der Waals surface area contributed by atoms with Crippen LogP contribution < -0.4 is 16.4 Å². The number of unbranched alkanes of at least 4 members (excludes halogenated alkanes) is 1. The number of nitrogen functional groups attached to an aromatic ring is 1. The average Bonchev–Trinajstić information content (AvgIpc) is 2.75. The first kappa shape index (κ1) is 29.9. The molecule has 0 bridgehead atoms. The molecule has 0 amide bonds. The second kappa shape index (κ2) is 13.3. The molecule has 0 fully saturated rings. The van der Waals surface area contributed by atoms with Crippen LogP contribution in [-0.4, -0.2) is 60.0 Å². The van der Waals surface area contributed by atoms with Gasteiger partial charge in [-0.05, 0) is 70.0 Å². The van der Waals surface area contributed by atoms with Crippen LogP contribution >= 0.6 is 0 Å². The molecule has 1 aromatic carbocycles. The van der Waals surface area contributed by atoms with E-state index in [1.807, 2.05) is 6.92 Å². The van der Waals surface area contributed by atoms with Crippen LogP contribution in [0.3, 0.4) is 0 Å². The molecule has 0 aliphatic carbocycles. The molecule has 1 unspecified atom stereocenters. The molecule has 36 heavy (non-hydrogen) atoms. The third kappa shape index (κ3) is 11.2. The van der Waals surface area contributed by atoms with Gasteiger partial charge in [-0.25, -0.2) is 4.79 Å². The summed E-state index contributed by atoms with van der Waals surface area (Å²) in [6.07, 6.45) is 1.82. The minimum atomic E-state index is -1.92. The van der Waals surface area contributed by atoms with Crippen molar-refractivity contribution in [1.29, 1.82) is 0 Å². The van der Waals surface area contributed by atoms with Gasteiger partial charge in [0.15, 0.2) is 16.6 Å². The third-order valence-corrected chi connectivity index (χ3v) is 13.4. The normalized spacial score (nSPS) is 12.9. The maximum absolute atomic E-state index is 12.1. The molecular weight excluding hydrogens is 509 g/mol. The van der Waals surface area contributed by atoms with Crippen molar-refractivity contribution in [2.45, 2.75) is 71.5 Å². The standard InChI is InChI=1S/C23H42N6O4Si3/c1-9-10-15-31-20(30)18-11-13-19(14-12-18)26-23-28-21(24)27-22(29-23)25-16-17(2)34(32-35(3,4)5)33-36(6,7)8/h11-14,17,34H,9-10,15-16H2,1-8H3,(H4,24,25,26,27,28,29). The molecule has 1 heterocycles. The number of carbonyl (C=O) groups excluding carboxylic acids is 1. The highest BCUT2D eigenvalue weighted by atomic mass is 28.4. The van der Waals surface area contributed by atoms with Crippen molar-refractivity contribution in [2.24, 2.45) is 0 Å². The zero-order valence-corrected chi connectivity index (χ0v) is 26.0. The van der Waals surface area contributed by atoms with E-state index in [1.165, 1.54) is 0 Å². The van der Waals surface area contributed by atoms with Gasteiger partial charge in [0, 0.05) is 17.8 Å². The molecule has 200 valence electrons. The number of aromatic nitrogens is 3. The topological polar surface area (TPSA) is 134 Å². The number of nitrogens with one attached hydrogen (secondary N) is 2. The lowest BCUT2D eigenvalue weighted by atomic mass is 10.2. The van der Waals surface area contributed by atoms with Crippen LogP contribution in [0.2, 0.25) is 44.8 Å². The Morgan fingerprint density at radius 3 is 2.14 bits per heavy atom. The van der Waals surface area contributed by atoms with Crippen molar-refractivity contribution >= 4 is 55.4 Å². The van der Waals surface area contributed by atoms with Gasteiger partial charge in [-0.1, -0.05) is 20.3 Å². The fraction of sp³-hybridized carbons (Fsp3) is 0.565. The first-order chi connectivity index (χ1) is 16.8. The highest BCUT2D eigenvalue weighted by Gasteiger charge is 2.32. The highest BCUT2D eigenvalue weighted by Crippen LogP contribution is 2.22. The summed E-state index contributed by atoms with van der Waals surface area (Å²) in [6.45, 7) is 18.3. The highest BCUT2D eigenvalue weighted by molar-refractivity contribution is 6.81. The molecule has 0 spiro atoms. The number of ether oxygens (including phenoxy) is 1. The predicted molar refractivity (Wildman–Crippen MR) is 153 cm³/mol. The molecular formula is C23H42N6O4Si3. The molecule has 2 rings (SSSR count). The number of nitrogens with two attached hydrogens (primary N) is 1. The summed E-state index contributed by atoms with van der Waals surface area (Å²) in [7, 11) is -5.40. The van der Waals surface area contributed by atoms with Gasteiger partial charge in [0.1, 0.15) is 0 Å². The fourth-order valence-electron chi connectivity index (χ4n) is 3.04. The average molecular weight is 551 g/mol. The fourth-order valence-corrected chi connectivity index (χ4v) is 11.4. The Hall–Kier alpha value is -2.33. The maximum atomic E-state index is 12.1. The van der Waals surface area contributed by atoms with E-state index in [4.69, 9.17) is 18.7 Å². The number of nitrogens with zero attached hydrogens (tertiary/aromatic N) is 3. The van der Waals surface area contributed by atoms with Crippen LogP contribution in [0.5, 0.6) is 0 Å². The number of rotatable bonds is 14. The van der Waals surface area contributed by atoms with E-state index in [-0.39, 0.29) is 17.5 Å². The van der Waals surface area contributed by atoms with Crippen LogP contribution in [0.25, 0.3) is 0 Å². The van der Waals surface area contributed by atoms with E-state index in [0.29, 0.717) is 36.3 Å². The zero-order valence-electron chi connectivity index (χ0n) is 22.8. The lowest BCUT2D eigenvalue weighted by molar-refractivity contribution is 0.0499. The van der Waals surface area contributed by atoms with Crippen molar-refractivity contribution in [3.8, 4) is 0 Å². The molecule has 0 radical (unpaired) electrons. The number of hydrogen-bond donors (Lipinski definition) is 3. The predicted octanol–water partition coefficient (Wildman–Crippen LogP) is 4.88. The molecule has 10 nitrogen and oxygen atoms in total. The minimum Gasteiger partial charge on any atom is -0.462 e. The van der Waals surface area contributed by atoms with E-state index in [1.54, 1.807) is 24.3 Å². The lowest BCUT2D eigenvalue weighted by Crippen LogP contribution is -2.46. The molecule has 0 saturated heterocycles. The van der Waals surface area contributed by atoms with Gasteiger partial charge in [-0.15, -0.1) is 0 Å². The zero-order chi connectivity index (χ0) is 26.9. The van der Waals surface area contributed by atoms with E-state index >= 15 is 0 Å². The smallest absolute Gasteiger partial charge is 0.338 e. The van der Waals surface area contributed by atoms with Crippen molar-refractivity contribution in [1.82, 2.24) is 15.0 Å². The van der Waals surface area contributed by atoms with E-state index in [9.17, 15) is 4.79 Å². The number of benzene rings is 1. The first-order valence-corrected chi connectivity index (χ1v) is 20.8. The summed E-state index contributed by atoms with van der Waals surface area (Å²) >= 11 is 0. The van der Waals surface area contributed by atoms with E-state index < -0.39 is 25.9 Å². The Balaban J connectivity index is 2.03. The number of anilines is 4. The van der Waals surface area contributed by atoms with Crippen molar-refractivity contribution in [2.75, 3.05) is 29.5 Å². The van der Waals surface area contributed by atoms with Crippen LogP contribution in [0, 0.1) is 0 Å². The summed E-state index contributed by atoms with van der Waals surface area (Å²) in [4.78, 5) is 24.9. The van der Waals surface area contributed by atoms with Crippen molar-refractivity contribution in [3.63, 3.8) is 0 Å². The lowest BCUT2D eigenvalue weighted by Gasteiger charge is -2.34. The van der Waals surface area contributed by atoms with Crippen LogP contribution in [0.4, 0.5) is 23.5 Å². The second-order valence-corrected chi connectivity index (χ2v) is 22.9. The molecule has 13 heteroatoms. The quantitative estimate of drug-likeness (QED) is 0.170. The van der Waals surface area contributed by atoms with Crippen molar-refractivity contribution < 1.29 is 17.8 Å². The number of carbonyl (C=O) groups is 1. The third-order valence-electron chi connectivity index (χ3n) is 4.75. The Labute approximate surface area is 218 Å². The molecule has 1 atom stereocenters. The number of hydrogen-bond acceptors (Lipinski definition) is 10. The molecule has 4 N–H and O–H groups in total. The van der Waals surface area contributed by atoms with Crippen LogP contribution in [0.1, 0.15) is 37.0 Å². The summed E-state index contributed by atoms with van der Waals surface area (Å²) in [6, 6.07) is 6.93. The molecule has 0 aliphatic heterocycles. The molecule has 1 aromatic heterocycles. The van der Waals surface area contributed by atoms with Gasteiger partial charge < -0.3 is 29.3 Å². The molecule has 2 aromatic rings. The second-order valence-electron chi connectivity index (χ2n) is 10.7. The van der Waals surface area contributed by atoms with Crippen molar-refractivity contribution in [3.05, 3.63) is 29.8 Å². The Morgan fingerprint density at radius 2 is 1.58 bits per heavy atom. The monoisotopic (exact) mass is 550 g/mol. The Kier molecular flexibility index (Phi) is 11.0. The Morgan fingerprint density at radius 1 is 1.00 bits per heavy atom.